The lowest BCUT2D eigenvalue weighted by atomic mass is 10.2. The molecule has 4 rings (SSSR count). The number of esters is 1. The zero-order valence-corrected chi connectivity index (χ0v) is 18.4. The number of aromatic amines is 1. The summed E-state index contributed by atoms with van der Waals surface area (Å²) in [6.45, 7) is 3.98. The first-order valence-corrected chi connectivity index (χ1v) is 10.5. The number of methoxy groups -OCH3 is 1. The molecule has 0 saturated heterocycles. The maximum absolute atomic E-state index is 12.7. The molecule has 4 aromatic rings. The van der Waals surface area contributed by atoms with E-state index in [0.717, 1.165) is 16.8 Å². The Bertz CT molecular complexity index is 1250. The van der Waals surface area contributed by atoms with E-state index >= 15 is 0 Å². The van der Waals surface area contributed by atoms with Gasteiger partial charge in [0.15, 0.2) is 5.13 Å². The molecule has 0 spiro atoms. The molecule has 0 fully saturated rings. The fourth-order valence-corrected chi connectivity index (χ4v) is 3.71. The lowest BCUT2D eigenvalue weighted by Crippen LogP contribution is -2.11. The Morgan fingerprint density at radius 1 is 1.25 bits per heavy atom. The molecular formula is C22H20N4O5S. The van der Waals surface area contributed by atoms with Crippen LogP contribution in [0.15, 0.2) is 46.4 Å². The van der Waals surface area contributed by atoms with Crippen LogP contribution in [0.4, 0.5) is 5.13 Å². The van der Waals surface area contributed by atoms with Crippen molar-refractivity contribution in [1.82, 2.24) is 15.1 Å². The second-order valence-corrected chi connectivity index (χ2v) is 7.76. The normalized spacial score (nSPS) is 10.7. The second-order valence-electron chi connectivity index (χ2n) is 6.90. The number of hydrogen-bond acceptors (Lipinski definition) is 8. The van der Waals surface area contributed by atoms with Crippen LogP contribution in [0.25, 0.3) is 11.3 Å². The number of nitrogens with zero attached hydrogens (tertiary/aromatic N) is 2. The highest BCUT2D eigenvalue weighted by atomic mass is 32.1. The third kappa shape index (κ3) is 4.54. The van der Waals surface area contributed by atoms with Gasteiger partial charge in [-0.25, -0.2) is 9.78 Å². The van der Waals surface area contributed by atoms with Crippen LogP contribution in [0.1, 0.15) is 37.9 Å². The first kappa shape index (κ1) is 21.3. The number of anilines is 1. The van der Waals surface area contributed by atoms with Gasteiger partial charge in [0.25, 0.3) is 5.91 Å². The quantitative estimate of drug-likeness (QED) is 0.400. The molecule has 0 aliphatic carbocycles. The maximum atomic E-state index is 12.7. The Balaban J connectivity index is 1.42. The average Bonchev–Trinajstić information content (AvgIpc) is 3.53. The number of rotatable bonds is 7. The van der Waals surface area contributed by atoms with Gasteiger partial charge in [-0.15, -0.1) is 11.3 Å². The van der Waals surface area contributed by atoms with Crippen LogP contribution < -0.4 is 10.1 Å². The number of amides is 1. The van der Waals surface area contributed by atoms with Crippen molar-refractivity contribution in [2.75, 3.05) is 12.4 Å². The molecule has 0 bridgehead atoms. The maximum Gasteiger partial charge on any atom is 0.354 e. The summed E-state index contributed by atoms with van der Waals surface area (Å²) in [6, 6.07) is 8.53. The summed E-state index contributed by atoms with van der Waals surface area (Å²) in [5.74, 6) is 0.492. The van der Waals surface area contributed by atoms with E-state index in [1.807, 2.05) is 13.8 Å². The minimum atomic E-state index is -0.462. The van der Waals surface area contributed by atoms with Gasteiger partial charge in [-0.3, -0.25) is 10.1 Å². The van der Waals surface area contributed by atoms with Crippen molar-refractivity contribution >= 4 is 28.3 Å². The predicted octanol–water partition coefficient (Wildman–Crippen LogP) is 4.36. The van der Waals surface area contributed by atoms with Crippen molar-refractivity contribution < 1.29 is 23.6 Å². The van der Waals surface area contributed by atoms with Gasteiger partial charge >= 0.3 is 5.97 Å². The second kappa shape index (κ2) is 9.06. The smallest absolute Gasteiger partial charge is 0.354 e. The lowest BCUT2D eigenvalue weighted by molar-refractivity contribution is 0.0594. The van der Waals surface area contributed by atoms with Crippen LogP contribution in [-0.4, -0.2) is 34.1 Å². The molecule has 3 heterocycles. The van der Waals surface area contributed by atoms with Crippen LogP contribution >= 0.6 is 11.3 Å². The Hall–Kier alpha value is -3.92. The fourth-order valence-electron chi connectivity index (χ4n) is 2.99. The van der Waals surface area contributed by atoms with Gasteiger partial charge in [0.1, 0.15) is 23.8 Å². The summed E-state index contributed by atoms with van der Waals surface area (Å²) in [5, 5.41) is 8.93. The topological polar surface area (TPSA) is 119 Å². The number of carbonyl (C=O) groups excluding carboxylic acids is 2. The van der Waals surface area contributed by atoms with Crippen molar-refractivity contribution in [2.45, 2.75) is 20.5 Å². The van der Waals surface area contributed by atoms with Crippen molar-refractivity contribution in [3.63, 3.8) is 0 Å². The number of thiazole rings is 1. The number of aryl methyl sites for hydroxylation is 2. The van der Waals surface area contributed by atoms with E-state index in [9.17, 15) is 9.59 Å². The van der Waals surface area contributed by atoms with Crippen LogP contribution in [0, 0.1) is 13.8 Å². The van der Waals surface area contributed by atoms with Gasteiger partial charge < -0.3 is 19.0 Å². The Labute approximate surface area is 187 Å². The van der Waals surface area contributed by atoms with E-state index in [2.05, 4.69) is 25.2 Å². The van der Waals surface area contributed by atoms with Gasteiger partial charge in [-0.2, -0.15) is 0 Å². The molecular weight excluding hydrogens is 432 g/mol. The number of aromatic nitrogens is 3. The third-order valence-electron chi connectivity index (χ3n) is 4.77. The molecule has 32 heavy (non-hydrogen) atoms. The summed E-state index contributed by atoms with van der Waals surface area (Å²) in [5.41, 5.74) is 3.78. The average molecular weight is 452 g/mol. The van der Waals surface area contributed by atoms with Gasteiger partial charge in [0.2, 0.25) is 0 Å². The first-order chi connectivity index (χ1) is 15.4. The molecule has 164 valence electrons. The van der Waals surface area contributed by atoms with Gasteiger partial charge in [-0.1, -0.05) is 11.2 Å². The van der Waals surface area contributed by atoms with E-state index in [-0.39, 0.29) is 5.91 Å². The fraction of sp³-hybridized carbons (Fsp3) is 0.182. The Kier molecular flexibility index (Phi) is 6.04. The van der Waals surface area contributed by atoms with Crippen molar-refractivity contribution in [3.05, 3.63) is 70.2 Å². The number of hydrogen-bond donors (Lipinski definition) is 2. The molecule has 3 aromatic heterocycles. The number of H-pyrrole nitrogens is 1. The molecule has 0 saturated carbocycles. The van der Waals surface area contributed by atoms with Gasteiger partial charge in [0, 0.05) is 22.7 Å². The van der Waals surface area contributed by atoms with Gasteiger partial charge in [0.05, 0.1) is 24.1 Å². The molecule has 1 aromatic carbocycles. The van der Waals surface area contributed by atoms with Gasteiger partial charge in [-0.05, 0) is 38.1 Å². The van der Waals surface area contributed by atoms with E-state index in [1.54, 1.807) is 41.9 Å². The van der Waals surface area contributed by atoms with E-state index < -0.39 is 5.97 Å². The van der Waals surface area contributed by atoms with Crippen LogP contribution in [-0.2, 0) is 11.3 Å². The van der Waals surface area contributed by atoms with Crippen molar-refractivity contribution in [2.24, 2.45) is 0 Å². The van der Waals surface area contributed by atoms with E-state index in [4.69, 9.17) is 9.26 Å². The Morgan fingerprint density at radius 2 is 2.09 bits per heavy atom. The van der Waals surface area contributed by atoms with Crippen LogP contribution in [0.2, 0.25) is 0 Å². The van der Waals surface area contributed by atoms with E-state index in [1.165, 1.54) is 18.4 Å². The lowest BCUT2D eigenvalue weighted by Gasteiger charge is -2.08. The number of nitrogens with one attached hydrogen (secondary N) is 2. The highest BCUT2D eigenvalue weighted by Gasteiger charge is 2.15. The first-order valence-electron chi connectivity index (χ1n) is 9.63. The SMILES string of the molecule is COC(=O)c1cc(-c2csc(NC(=O)c3cccc(OCc4c(C)noc4C)c3)n2)c[nH]1. The minimum Gasteiger partial charge on any atom is -0.489 e. The van der Waals surface area contributed by atoms with E-state index in [0.29, 0.717) is 40.2 Å². The standard InChI is InChI=1S/C22H20N4O5S/c1-12-17(13(2)31-26-12)10-30-16-6-4-5-14(7-16)20(27)25-22-24-19(11-32-22)15-8-18(23-9-15)21(28)29-3/h4-9,11,23H,10H2,1-3H3,(H,24,25,27). The summed E-state index contributed by atoms with van der Waals surface area (Å²) >= 11 is 1.28. The Morgan fingerprint density at radius 3 is 2.84 bits per heavy atom. The zero-order chi connectivity index (χ0) is 22.7. The summed E-state index contributed by atoms with van der Waals surface area (Å²) < 4.78 is 15.6. The molecule has 0 atom stereocenters. The number of benzene rings is 1. The highest BCUT2D eigenvalue weighted by molar-refractivity contribution is 7.14. The summed E-state index contributed by atoms with van der Waals surface area (Å²) in [4.78, 5) is 31.6. The molecule has 0 aliphatic heterocycles. The highest BCUT2D eigenvalue weighted by Crippen LogP contribution is 2.26. The molecule has 0 unspecified atom stereocenters. The molecule has 0 radical (unpaired) electrons. The zero-order valence-electron chi connectivity index (χ0n) is 17.6. The predicted molar refractivity (Wildman–Crippen MR) is 118 cm³/mol. The third-order valence-corrected chi connectivity index (χ3v) is 5.53. The molecule has 9 nitrogen and oxygen atoms in total. The number of ether oxygens (including phenoxy) is 2. The van der Waals surface area contributed by atoms with Crippen LogP contribution in [0.5, 0.6) is 5.75 Å². The molecule has 10 heteroatoms. The minimum absolute atomic E-state index is 0.298. The largest absolute Gasteiger partial charge is 0.489 e. The summed E-state index contributed by atoms with van der Waals surface area (Å²) in [6.07, 6.45) is 1.66. The number of carbonyl (C=O) groups is 2. The van der Waals surface area contributed by atoms with Crippen LogP contribution in [0.3, 0.4) is 0 Å². The molecule has 2 N–H and O–H groups in total. The van der Waals surface area contributed by atoms with Crippen molar-refractivity contribution in [3.8, 4) is 17.0 Å². The van der Waals surface area contributed by atoms with Crippen molar-refractivity contribution in [1.29, 1.82) is 0 Å². The summed E-state index contributed by atoms with van der Waals surface area (Å²) in [7, 11) is 1.32. The molecule has 0 aliphatic rings. The molecule has 1 amide bonds. The monoisotopic (exact) mass is 452 g/mol.